The van der Waals surface area contributed by atoms with E-state index in [1.807, 2.05) is 48.5 Å². The maximum atomic E-state index is 7.49. The Balaban J connectivity index is 0.00000150. The Morgan fingerprint density at radius 2 is 1.10 bits per heavy atom. The molecule has 0 radical (unpaired) electrons. The van der Waals surface area contributed by atoms with Gasteiger partial charge in [-0.25, -0.2) is 0 Å². The van der Waals surface area contributed by atoms with Gasteiger partial charge in [-0.3, -0.25) is 10.8 Å². The van der Waals surface area contributed by atoms with Crippen LogP contribution >= 0.6 is 24.8 Å². The first-order valence-electron chi connectivity index (χ1n) is 8.54. The highest BCUT2D eigenvalue weighted by molar-refractivity contribution is 5.96. The molecule has 0 saturated heterocycles. The van der Waals surface area contributed by atoms with Gasteiger partial charge in [-0.15, -0.1) is 24.8 Å². The van der Waals surface area contributed by atoms with Gasteiger partial charge in [0.15, 0.2) is 0 Å². The minimum atomic E-state index is 0. The number of nitrogens with two attached hydrogens (primary N) is 2. The van der Waals surface area contributed by atoms with Gasteiger partial charge in [0.05, 0.1) is 0 Å². The summed E-state index contributed by atoms with van der Waals surface area (Å²) in [4.78, 5) is 3.43. The second kappa shape index (κ2) is 8.82. The summed E-state index contributed by atoms with van der Waals surface area (Å²) < 4.78 is 0. The number of nitrogen functional groups attached to an aromatic ring is 2. The fourth-order valence-corrected chi connectivity index (χ4v) is 3.14. The number of rotatable bonds is 4. The molecule has 0 aliphatic heterocycles. The van der Waals surface area contributed by atoms with Crippen LogP contribution in [0.25, 0.3) is 33.3 Å². The number of nitrogens with one attached hydrogen (secondary N) is 3. The second-order valence-corrected chi connectivity index (χ2v) is 6.47. The molecule has 0 spiro atoms. The second-order valence-electron chi connectivity index (χ2n) is 6.47. The van der Waals surface area contributed by atoms with Crippen molar-refractivity contribution in [2.24, 2.45) is 11.5 Å². The predicted octanol–water partition coefficient (Wildman–Crippen LogP) is 4.91. The lowest BCUT2D eigenvalue weighted by Gasteiger charge is -2.04. The molecule has 0 aliphatic rings. The normalized spacial score (nSPS) is 10.1. The molecule has 4 aromatic rings. The molecule has 5 nitrogen and oxygen atoms in total. The Kier molecular flexibility index (Phi) is 6.69. The molecule has 0 aliphatic carbocycles. The van der Waals surface area contributed by atoms with E-state index in [4.69, 9.17) is 22.3 Å². The molecule has 0 bridgehead atoms. The number of amidine groups is 2. The van der Waals surface area contributed by atoms with Crippen LogP contribution in [0, 0.1) is 10.8 Å². The van der Waals surface area contributed by atoms with Crippen molar-refractivity contribution < 1.29 is 0 Å². The highest BCUT2D eigenvalue weighted by Gasteiger charge is 2.07. The largest absolute Gasteiger partial charge is 0.384 e. The van der Waals surface area contributed by atoms with Crippen molar-refractivity contribution in [2.75, 3.05) is 0 Å². The molecule has 7 N–H and O–H groups in total. The Bertz CT molecular complexity index is 1110. The van der Waals surface area contributed by atoms with Crippen molar-refractivity contribution in [3.05, 3.63) is 83.9 Å². The average Bonchev–Trinajstić information content (AvgIpc) is 3.11. The monoisotopic (exact) mass is 425 g/mol. The van der Waals surface area contributed by atoms with Gasteiger partial charge in [-0.2, -0.15) is 0 Å². The first kappa shape index (κ1) is 22.0. The number of halogens is 2. The summed E-state index contributed by atoms with van der Waals surface area (Å²) in [5, 5.41) is 16.1. The number of hydrogen-bond donors (Lipinski definition) is 5. The van der Waals surface area contributed by atoms with Gasteiger partial charge in [0.1, 0.15) is 11.7 Å². The number of fused-ring (bicyclic) bond motifs is 1. The average molecular weight is 426 g/mol. The van der Waals surface area contributed by atoms with Crippen molar-refractivity contribution in [1.29, 1.82) is 10.8 Å². The molecule has 3 aromatic carbocycles. The van der Waals surface area contributed by atoms with Crippen LogP contribution in [0.3, 0.4) is 0 Å². The van der Waals surface area contributed by atoms with Gasteiger partial charge in [-0.1, -0.05) is 54.6 Å². The smallest absolute Gasteiger partial charge is 0.122 e. The zero-order valence-electron chi connectivity index (χ0n) is 15.4. The van der Waals surface area contributed by atoms with Crippen LogP contribution in [0.15, 0.2) is 72.8 Å². The van der Waals surface area contributed by atoms with Gasteiger partial charge >= 0.3 is 0 Å². The van der Waals surface area contributed by atoms with Crippen LogP contribution < -0.4 is 11.5 Å². The first-order valence-corrected chi connectivity index (χ1v) is 8.54. The third kappa shape index (κ3) is 4.42. The molecular weight excluding hydrogens is 405 g/mol. The summed E-state index contributed by atoms with van der Waals surface area (Å²) in [7, 11) is 0. The molecule has 0 saturated carbocycles. The van der Waals surface area contributed by atoms with Crippen LogP contribution in [0.5, 0.6) is 0 Å². The number of aromatic amines is 1. The number of aromatic nitrogens is 1. The Morgan fingerprint density at radius 1 is 0.621 bits per heavy atom. The van der Waals surface area contributed by atoms with Crippen molar-refractivity contribution in [3.63, 3.8) is 0 Å². The van der Waals surface area contributed by atoms with Crippen molar-refractivity contribution in [1.82, 2.24) is 4.98 Å². The lowest BCUT2D eigenvalue weighted by Crippen LogP contribution is -2.10. The van der Waals surface area contributed by atoms with E-state index in [2.05, 4.69) is 29.2 Å². The van der Waals surface area contributed by atoms with Crippen molar-refractivity contribution in [3.8, 4) is 22.4 Å². The van der Waals surface area contributed by atoms with E-state index < -0.39 is 0 Å². The van der Waals surface area contributed by atoms with Gasteiger partial charge < -0.3 is 16.5 Å². The lowest BCUT2D eigenvalue weighted by molar-refractivity contribution is 1.41. The van der Waals surface area contributed by atoms with Crippen molar-refractivity contribution in [2.45, 2.75) is 0 Å². The predicted molar refractivity (Wildman–Crippen MR) is 126 cm³/mol. The third-order valence-electron chi connectivity index (χ3n) is 4.66. The fourth-order valence-electron chi connectivity index (χ4n) is 3.14. The van der Waals surface area contributed by atoms with Gasteiger partial charge in [0.2, 0.25) is 0 Å². The summed E-state index contributed by atoms with van der Waals surface area (Å²) in [5.74, 6) is 0.140. The molecule has 0 atom stereocenters. The summed E-state index contributed by atoms with van der Waals surface area (Å²) in [6.07, 6.45) is 0. The van der Waals surface area contributed by atoms with E-state index in [9.17, 15) is 0 Å². The van der Waals surface area contributed by atoms with Crippen LogP contribution in [0.1, 0.15) is 11.1 Å². The third-order valence-corrected chi connectivity index (χ3v) is 4.66. The topological polar surface area (TPSA) is 116 Å². The minimum Gasteiger partial charge on any atom is -0.384 e. The summed E-state index contributed by atoms with van der Waals surface area (Å²) in [5.41, 5.74) is 17.8. The molecule has 1 heterocycles. The molecular formula is C22H21Cl2N5. The Morgan fingerprint density at radius 3 is 1.62 bits per heavy atom. The molecule has 29 heavy (non-hydrogen) atoms. The van der Waals surface area contributed by atoms with E-state index in [0.717, 1.165) is 38.9 Å². The standard InChI is InChI=1S/C22H19N5.2ClH/c23-21(24)15-5-1-13(2-6-15)17-9-10-19-18(11-17)12-20(27-19)14-3-7-16(8-4-14)22(25)26;;/h1-12,27H,(H3,23,24)(H3,25,26);2*1H. The summed E-state index contributed by atoms with van der Waals surface area (Å²) in [6, 6.07) is 23.7. The number of hydrogen-bond acceptors (Lipinski definition) is 2. The highest BCUT2D eigenvalue weighted by Crippen LogP contribution is 2.29. The zero-order valence-corrected chi connectivity index (χ0v) is 17.0. The Labute approximate surface area is 181 Å². The van der Waals surface area contributed by atoms with E-state index >= 15 is 0 Å². The zero-order chi connectivity index (χ0) is 19.0. The molecule has 1 aromatic heterocycles. The van der Waals surface area contributed by atoms with Gasteiger partial charge in [0.25, 0.3) is 0 Å². The molecule has 0 amide bonds. The van der Waals surface area contributed by atoms with E-state index in [0.29, 0.717) is 5.56 Å². The van der Waals surface area contributed by atoms with Crippen molar-refractivity contribution >= 4 is 47.4 Å². The van der Waals surface area contributed by atoms with Gasteiger partial charge in [0, 0.05) is 27.7 Å². The number of benzene rings is 3. The minimum absolute atomic E-state index is 0. The maximum Gasteiger partial charge on any atom is 0.122 e. The highest BCUT2D eigenvalue weighted by atomic mass is 35.5. The van der Waals surface area contributed by atoms with E-state index in [1.165, 1.54) is 0 Å². The van der Waals surface area contributed by atoms with Crippen LogP contribution in [0.2, 0.25) is 0 Å². The molecule has 7 heteroatoms. The maximum absolute atomic E-state index is 7.49. The van der Waals surface area contributed by atoms with E-state index in [-0.39, 0.29) is 36.5 Å². The fraction of sp³-hybridized carbons (Fsp3) is 0. The molecule has 4 rings (SSSR count). The SMILES string of the molecule is Cl.Cl.N=C(N)c1ccc(-c2ccc3[nH]c(-c4ccc(C(=N)N)cc4)cc3c2)cc1. The molecule has 148 valence electrons. The van der Waals surface area contributed by atoms with Crippen LogP contribution in [-0.2, 0) is 0 Å². The quantitative estimate of drug-likeness (QED) is 0.236. The molecule has 0 fully saturated rings. The van der Waals surface area contributed by atoms with Gasteiger partial charge in [-0.05, 0) is 34.9 Å². The first-order chi connectivity index (χ1) is 13.0. The summed E-state index contributed by atoms with van der Waals surface area (Å²) >= 11 is 0. The lowest BCUT2D eigenvalue weighted by atomic mass is 10.0. The van der Waals surface area contributed by atoms with Crippen LogP contribution in [-0.4, -0.2) is 16.7 Å². The summed E-state index contributed by atoms with van der Waals surface area (Å²) in [6.45, 7) is 0. The van der Waals surface area contributed by atoms with E-state index in [1.54, 1.807) is 0 Å². The number of H-pyrrole nitrogens is 1. The Hall–Kier alpha value is -3.28. The van der Waals surface area contributed by atoms with Crippen LogP contribution in [0.4, 0.5) is 0 Å². The molecule has 0 unspecified atom stereocenters.